The van der Waals surface area contributed by atoms with E-state index >= 15 is 0 Å². The molecule has 0 atom stereocenters. The minimum absolute atomic E-state index is 0.0359. The van der Waals surface area contributed by atoms with E-state index in [9.17, 15) is 8.42 Å². The maximum atomic E-state index is 10.9. The zero-order chi connectivity index (χ0) is 25.4. The number of aliphatic hydroxyl groups is 1. The van der Waals surface area contributed by atoms with Crippen LogP contribution < -0.4 is 4.90 Å². The Morgan fingerprint density at radius 2 is 1.46 bits per heavy atom. The van der Waals surface area contributed by atoms with Crippen molar-refractivity contribution in [3.63, 3.8) is 0 Å². The molecular formula is C26H41N3O5S. The van der Waals surface area contributed by atoms with Crippen molar-refractivity contribution in [1.29, 1.82) is 0 Å². The molecule has 5 rings (SSSR count). The molecule has 1 saturated carbocycles. The highest BCUT2D eigenvalue weighted by molar-refractivity contribution is 7.90. The number of fused-ring (bicyclic) bond motifs is 2. The number of aromatic nitrogens is 2. The Bertz CT molecular complexity index is 978. The minimum Gasteiger partial charge on any atom is -0.508 e. The van der Waals surface area contributed by atoms with Crippen molar-refractivity contribution >= 4 is 15.9 Å². The molecule has 2 aliphatic heterocycles. The fraction of sp³-hybridized carbons (Fsp3) is 0.692. The number of rotatable bonds is 3. The Hall–Kier alpha value is -2.13. The van der Waals surface area contributed by atoms with Gasteiger partial charge in [0.15, 0.2) is 15.7 Å². The molecule has 1 aliphatic carbocycles. The Balaban J connectivity index is 0.000000163. The Morgan fingerprint density at radius 1 is 0.914 bits per heavy atom. The summed E-state index contributed by atoms with van der Waals surface area (Å²) in [5.41, 5.74) is 0. The van der Waals surface area contributed by atoms with Crippen LogP contribution in [0.15, 0.2) is 33.7 Å². The standard InChI is InChI=1S/C13H21N3O.C7H8O3S.C6H12O/c1-9(2)12-14-13(17-15-12)16-10-5-3-6-11(16)8-4-7-10;1-11(9,10)7-4-2-6(8)3-5-7;7-6-4-2-1-3-5-6/h9-11H,3-8H2,1-2H3;2-5,8H,1H3;6-7H,1-5H2. The van der Waals surface area contributed by atoms with Crippen LogP contribution in [0.3, 0.4) is 0 Å². The predicted molar refractivity (Wildman–Crippen MR) is 136 cm³/mol. The molecule has 3 aliphatic rings. The van der Waals surface area contributed by atoms with E-state index in [2.05, 4.69) is 28.9 Å². The number of hydrogen-bond acceptors (Lipinski definition) is 8. The van der Waals surface area contributed by atoms with E-state index in [-0.39, 0.29) is 16.7 Å². The SMILES string of the molecule is CC(C)c1noc(N2C3CCCC2CCC3)n1.CS(=O)(=O)c1ccc(O)cc1.OC1CCCCC1. The molecule has 1 aromatic heterocycles. The van der Waals surface area contributed by atoms with Gasteiger partial charge in [-0.1, -0.05) is 38.3 Å². The molecule has 2 N–H and O–H groups in total. The van der Waals surface area contributed by atoms with Gasteiger partial charge in [-0.3, -0.25) is 0 Å². The third kappa shape index (κ3) is 8.20. The van der Waals surface area contributed by atoms with Gasteiger partial charge in [0.25, 0.3) is 0 Å². The van der Waals surface area contributed by atoms with E-state index in [0.29, 0.717) is 18.0 Å². The van der Waals surface area contributed by atoms with Crippen molar-refractivity contribution in [3.05, 3.63) is 30.1 Å². The van der Waals surface area contributed by atoms with Crippen molar-refractivity contribution < 1.29 is 23.2 Å². The number of sulfone groups is 1. The van der Waals surface area contributed by atoms with E-state index in [1.54, 1.807) is 0 Å². The van der Waals surface area contributed by atoms with Crippen LogP contribution in [0.2, 0.25) is 0 Å². The first-order valence-electron chi connectivity index (χ1n) is 12.9. The topological polar surface area (TPSA) is 117 Å². The first-order valence-corrected chi connectivity index (χ1v) is 14.8. The molecule has 2 aromatic rings. The zero-order valence-corrected chi connectivity index (χ0v) is 22.1. The lowest BCUT2D eigenvalue weighted by atomic mass is 9.85. The summed E-state index contributed by atoms with van der Waals surface area (Å²) < 4.78 is 27.2. The Morgan fingerprint density at radius 3 is 1.86 bits per heavy atom. The molecule has 3 heterocycles. The largest absolute Gasteiger partial charge is 0.508 e. The van der Waals surface area contributed by atoms with Gasteiger partial charge in [-0.05, 0) is 75.6 Å². The van der Waals surface area contributed by atoms with Crippen LogP contribution in [0.25, 0.3) is 0 Å². The van der Waals surface area contributed by atoms with Gasteiger partial charge >= 0.3 is 6.01 Å². The highest BCUT2D eigenvalue weighted by Crippen LogP contribution is 2.37. The maximum absolute atomic E-state index is 10.9. The van der Waals surface area contributed by atoms with Gasteiger partial charge in [0.05, 0.1) is 11.0 Å². The molecule has 2 bridgehead atoms. The van der Waals surface area contributed by atoms with Gasteiger partial charge in [0.2, 0.25) is 0 Å². The zero-order valence-electron chi connectivity index (χ0n) is 21.3. The van der Waals surface area contributed by atoms with Crippen LogP contribution in [0.1, 0.15) is 96.2 Å². The van der Waals surface area contributed by atoms with Crippen molar-refractivity contribution in [3.8, 4) is 5.75 Å². The molecule has 0 unspecified atom stereocenters. The van der Waals surface area contributed by atoms with E-state index in [0.717, 1.165) is 30.9 Å². The number of aliphatic hydroxyl groups excluding tert-OH is 1. The maximum Gasteiger partial charge on any atom is 0.324 e. The Kier molecular flexibility index (Phi) is 9.98. The first-order chi connectivity index (χ1) is 16.6. The average molecular weight is 508 g/mol. The van der Waals surface area contributed by atoms with Crippen LogP contribution in [0.5, 0.6) is 5.75 Å². The molecule has 3 fully saturated rings. The summed E-state index contributed by atoms with van der Waals surface area (Å²) in [6.45, 7) is 4.21. The second-order valence-corrected chi connectivity index (χ2v) is 12.2. The van der Waals surface area contributed by atoms with Gasteiger partial charge in [0, 0.05) is 24.3 Å². The molecule has 196 valence electrons. The van der Waals surface area contributed by atoms with Gasteiger partial charge < -0.3 is 19.6 Å². The molecule has 0 radical (unpaired) electrons. The summed E-state index contributed by atoms with van der Waals surface area (Å²) in [6.07, 6.45) is 14.9. The molecule has 9 heteroatoms. The van der Waals surface area contributed by atoms with Crippen molar-refractivity contribution in [2.75, 3.05) is 11.2 Å². The van der Waals surface area contributed by atoms with Gasteiger partial charge in [-0.15, -0.1) is 0 Å². The monoisotopic (exact) mass is 507 g/mol. The van der Waals surface area contributed by atoms with Crippen LogP contribution in [0.4, 0.5) is 6.01 Å². The summed E-state index contributed by atoms with van der Waals surface area (Å²) in [5.74, 6) is 1.25. The molecule has 2 saturated heterocycles. The van der Waals surface area contributed by atoms with Crippen molar-refractivity contribution in [2.45, 2.75) is 113 Å². The normalized spacial score (nSPS) is 22.6. The molecule has 35 heavy (non-hydrogen) atoms. The second-order valence-electron chi connectivity index (χ2n) is 10.2. The molecule has 0 amide bonds. The minimum atomic E-state index is -3.13. The number of aromatic hydroxyl groups is 1. The highest BCUT2D eigenvalue weighted by Gasteiger charge is 2.36. The third-order valence-corrected chi connectivity index (χ3v) is 8.07. The van der Waals surface area contributed by atoms with Crippen LogP contribution in [0, 0.1) is 0 Å². The lowest BCUT2D eigenvalue weighted by Crippen LogP contribution is -2.50. The number of phenols is 1. The van der Waals surface area contributed by atoms with Crippen LogP contribution in [-0.2, 0) is 9.84 Å². The number of anilines is 1. The number of benzene rings is 1. The average Bonchev–Trinajstić information content (AvgIpc) is 3.30. The molecule has 0 spiro atoms. The van der Waals surface area contributed by atoms with E-state index in [4.69, 9.17) is 14.7 Å². The van der Waals surface area contributed by atoms with Crippen molar-refractivity contribution in [2.24, 2.45) is 0 Å². The van der Waals surface area contributed by atoms with Gasteiger partial charge in [-0.25, -0.2) is 8.42 Å². The van der Waals surface area contributed by atoms with Crippen LogP contribution in [-0.4, -0.2) is 53.2 Å². The number of hydrogen-bond donors (Lipinski definition) is 2. The van der Waals surface area contributed by atoms with Crippen molar-refractivity contribution in [1.82, 2.24) is 10.1 Å². The predicted octanol–water partition coefficient (Wildman–Crippen LogP) is 5.21. The number of phenolic OH excluding ortho intramolecular Hbond substituents is 1. The first kappa shape index (κ1) is 27.5. The molecule has 1 aromatic carbocycles. The highest BCUT2D eigenvalue weighted by atomic mass is 32.2. The summed E-state index contributed by atoms with van der Waals surface area (Å²) in [7, 11) is -3.13. The fourth-order valence-corrected chi connectivity index (χ4v) is 5.60. The quantitative estimate of drug-likeness (QED) is 0.581. The fourth-order valence-electron chi connectivity index (χ4n) is 4.97. The summed E-state index contributed by atoms with van der Waals surface area (Å²) >= 11 is 0. The molecule has 8 nitrogen and oxygen atoms in total. The second kappa shape index (κ2) is 12.7. The number of nitrogens with zero attached hydrogens (tertiary/aromatic N) is 3. The lowest BCUT2D eigenvalue weighted by Gasteiger charge is -2.44. The molecular weight excluding hydrogens is 466 g/mol. The lowest BCUT2D eigenvalue weighted by molar-refractivity contribution is 0.130. The summed E-state index contributed by atoms with van der Waals surface area (Å²) in [5, 5.41) is 21.8. The van der Waals surface area contributed by atoms with E-state index < -0.39 is 9.84 Å². The Labute approximate surface area is 209 Å². The number of piperidine rings is 2. The van der Waals surface area contributed by atoms with Crippen LogP contribution >= 0.6 is 0 Å². The van der Waals surface area contributed by atoms with Gasteiger partial charge in [0.1, 0.15) is 5.75 Å². The van der Waals surface area contributed by atoms with E-state index in [1.165, 1.54) is 82.1 Å². The summed E-state index contributed by atoms with van der Waals surface area (Å²) in [4.78, 5) is 7.19. The smallest absolute Gasteiger partial charge is 0.324 e. The third-order valence-electron chi connectivity index (χ3n) is 6.94. The van der Waals surface area contributed by atoms with E-state index in [1.807, 2.05) is 0 Å². The van der Waals surface area contributed by atoms with Gasteiger partial charge in [-0.2, -0.15) is 4.98 Å². The summed E-state index contributed by atoms with van der Waals surface area (Å²) in [6, 6.07) is 7.47.